The first kappa shape index (κ1) is 15.3. The minimum atomic E-state index is -0.100. The van der Waals surface area contributed by atoms with Crippen molar-refractivity contribution >= 4 is 0 Å². The third-order valence-corrected chi connectivity index (χ3v) is 3.99. The van der Waals surface area contributed by atoms with Gasteiger partial charge in [0.25, 0.3) is 0 Å². The van der Waals surface area contributed by atoms with Crippen LogP contribution in [0.1, 0.15) is 24.7 Å². The van der Waals surface area contributed by atoms with Gasteiger partial charge in [0.1, 0.15) is 5.76 Å². The SMILES string of the molecule is CCc1c(O)c(O)n(CCCn2ccnc2)c1-c1ccc(C)o1. The maximum absolute atomic E-state index is 10.3. The van der Waals surface area contributed by atoms with Crippen molar-refractivity contribution in [2.75, 3.05) is 0 Å². The van der Waals surface area contributed by atoms with E-state index in [4.69, 9.17) is 4.42 Å². The van der Waals surface area contributed by atoms with Gasteiger partial charge in [-0.1, -0.05) is 6.92 Å². The van der Waals surface area contributed by atoms with Gasteiger partial charge in [0.2, 0.25) is 5.88 Å². The monoisotopic (exact) mass is 315 g/mol. The number of aryl methyl sites for hydroxylation is 2. The first-order valence-corrected chi connectivity index (χ1v) is 7.77. The highest BCUT2D eigenvalue weighted by atomic mass is 16.3. The Labute approximate surface area is 134 Å². The maximum Gasteiger partial charge on any atom is 0.235 e. The molecule has 3 aromatic heterocycles. The van der Waals surface area contributed by atoms with Gasteiger partial charge in [-0.15, -0.1) is 0 Å². The fraction of sp³-hybridized carbons (Fsp3) is 0.353. The second-order valence-electron chi connectivity index (χ2n) is 5.57. The molecule has 2 N–H and O–H groups in total. The van der Waals surface area contributed by atoms with Crippen LogP contribution in [-0.4, -0.2) is 24.3 Å². The van der Waals surface area contributed by atoms with Gasteiger partial charge in [-0.3, -0.25) is 0 Å². The quantitative estimate of drug-likeness (QED) is 0.731. The molecule has 0 spiro atoms. The first-order chi connectivity index (χ1) is 11.1. The normalized spacial score (nSPS) is 11.2. The van der Waals surface area contributed by atoms with Crippen LogP contribution in [0, 0.1) is 6.92 Å². The van der Waals surface area contributed by atoms with Crippen LogP contribution in [-0.2, 0) is 19.5 Å². The molecule has 23 heavy (non-hydrogen) atoms. The maximum atomic E-state index is 10.3. The molecule has 0 atom stereocenters. The van der Waals surface area contributed by atoms with Crippen molar-refractivity contribution in [1.82, 2.24) is 14.1 Å². The first-order valence-electron chi connectivity index (χ1n) is 7.77. The van der Waals surface area contributed by atoms with Crippen molar-refractivity contribution in [1.29, 1.82) is 0 Å². The molecular weight excluding hydrogens is 294 g/mol. The van der Waals surface area contributed by atoms with Gasteiger partial charge >= 0.3 is 0 Å². The summed E-state index contributed by atoms with van der Waals surface area (Å²) in [6, 6.07) is 3.75. The highest BCUT2D eigenvalue weighted by Gasteiger charge is 2.23. The summed E-state index contributed by atoms with van der Waals surface area (Å²) >= 11 is 0. The van der Waals surface area contributed by atoms with Gasteiger partial charge in [-0.2, -0.15) is 0 Å². The molecule has 0 aliphatic heterocycles. The van der Waals surface area contributed by atoms with Crippen LogP contribution in [0.5, 0.6) is 11.6 Å². The highest BCUT2D eigenvalue weighted by molar-refractivity contribution is 5.67. The van der Waals surface area contributed by atoms with Crippen molar-refractivity contribution in [2.24, 2.45) is 0 Å². The summed E-state index contributed by atoms with van der Waals surface area (Å²) < 4.78 is 9.42. The Hall–Kier alpha value is -2.63. The molecule has 0 amide bonds. The Bertz CT molecular complexity index is 784. The summed E-state index contributed by atoms with van der Waals surface area (Å²) in [6.07, 6.45) is 6.82. The third-order valence-electron chi connectivity index (χ3n) is 3.99. The van der Waals surface area contributed by atoms with E-state index in [1.165, 1.54) is 0 Å². The van der Waals surface area contributed by atoms with Crippen molar-refractivity contribution < 1.29 is 14.6 Å². The van der Waals surface area contributed by atoms with E-state index in [1.54, 1.807) is 17.1 Å². The van der Waals surface area contributed by atoms with E-state index in [1.807, 2.05) is 36.7 Å². The van der Waals surface area contributed by atoms with Gasteiger partial charge in [0.15, 0.2) is 11.5 Å². The molecule has 6 heteroatoms. The van der Waals surface area contributed by atoms with E-state index in [0.717, 1.165) is 24.4 Å². The van der Waals surface area contributed by atoms with Crippen molar-refractivity contribution in [3.8, 4) is 23.1 Å². The lowest BCUT2D eigenvalue weighted by atomic mass is 10.1. The Morgan fingerprint density at radius 1 is 1.22 bits per heavy atom. The zero-order chi connectivity index (χ0) is 16.4. The summed E-state index contributed by atoms with van der Waals surface area (Å²) in [5, 5.41) is 20.5. The minimum Gasteiger partial charge on any atom is -0.503 e. The van der Waals surface area contributed by atoms with Crippen molar-refractivity contribution in [3.05, 3.63) is 42.2 Å². The lowest BCUT2D eigenvalue weighted by molar-refractivity contribution is 0.366. The molecule has 0 saturated heterocycles. The van der Waals surface area contributed by atoms with Crippen LogP contribution >= 0.6 is 0 Å². The molecule has 0 bridgehead atoms. The molecule has 0 radical (unpaired) electrons. The standard InChI is InChI=1S/C17H21N3O3/c1-3-13-15(14-6-5-12(2)23-14)20(17(22)16(13)21)9-4-8-19-10-7-18-11-19/h5-7,10-11,21-22H,3-4,8-9H2,1-2H3. The summed E-state index contributed by atoms with van der Waals surface area (Å²) in [4.78, 5) is 4.02. The number of hydrogen-bond acceptors (Lipinski definition) is 4. The molecule has 3 heterocycles. The molecule has 3 aromatic rings. The zero-order valence-corrected chi connectivity index (χ0v) is 13.4. The molecule has 6 nitrogen and oxygen atoms in total. The zero-order valence-electron chi connectivity index (χ0n) is 13.4. The van der Waals surface area contributed by atoms with Gasteiger partial charge in [-0.05, 0) is 31.9 Å². The van der Waals surface area contributed by atoms with Gasteiger partial charge in [0.05, 0.1) is 12.0 Å². The molecule has 0 aliphatic rings. The summed E-state index contributed by atoms with van der Waals surface area (Å²) in [7, 11) is 0. The molecule has 0 aromatic carbocycles. The fourth-order valence-corrected chi connectivity index (χ4v) is 2.87. The van der Waals surface area contributed by atoms with Crippen molar-refractivity contribution in [3.63, 3.8) is 0 Å². The lowest BCUT2D eigenvalue weighted by Crippen LogP contribution is -2.04. The summed E-state index contributed by atoms with van der Waals surface area (Å²) in [5.41, 5.74) is 1.46. The summed E-state index contributed by atoms with van der Waals surface area (Å²) in [6.45, 7) is 5.19. The second-order valence-corrected chi connectivity index (χ2v) is 5.57. The van der Waals surface area contributed by atoms with Crippen molar-refractivity contribution in [2.45, 2.75) is 39.8 Å². The number of hydrogen-bond donors (Lipinski definition) is 2. The summed E-state index contributed by atoms with van der Waals surface area (Å²) in [5.74, 6) is 1.31. The van der Waals surface area contributed by atoms with Gasteiger partial charge < -0.3 is 23.8 Å². The largest absolute Gasteiger partial charge is 0.503 e. The second kappa shape index (κ2) is 6.24. The molecule has 122 valence electrons. The number of imidazole rings is 1. The number of furan rings is 1. The van der Waals surface area contributed by atoms with Crippen LogP contribution in [0.3, 0.4) is 0 Å². The molecule has 0 aliphatic carbocycles. The highest BCUT2D eigenvalue weighted by Crippen LogP contribution is 2.41. The van der Waals surface area contributed by atoms with E-state index in [2.05, 4.69) is 4.98 Å². The smallest absolute Gasteiger partial charge is 0.235 e. The number of rotatable bonds is 6. The van der Waals surface area contributed by atoms with Crippen LogP contribution in [0.15, 0.2) is 35.3 Å². The lowest BCUT2D eigenvalue weighted by Gasteiger charge is -2.10. The van der Waals surface area contributed by atoms with Crippen LogP contribution in [0.4, 0.5) is 0 Å². The van der Waals surface area contributed by atoms with E-state index < -0.39 is 0 Å². The average Bonchev–Trinajstić information content (AvgIpc) is 3.24. The molecular formula is C17H21N3O3. The number of aromatic hydroxyl groups is 2. The Morgan fingerprint density at radius 2 is 2.04 bits per heavy atom. The Kier molecular flexibility index (Phi) is 4.14. The predicted octanol–water partition coefficient (Wildman–Crippen LogP) is 3.32. The van der Waals surface area contributed by atoms with Crippen LogP contribution in [0.2, 0.25) is 0 Å². The van der Waals surface area contributed by atoms with Crippen LogP contribution < -0.4 is 0 Å². The Morgan fingerprint density at radius 3 is 2.65 bits per heavy atom. The van der Waals surface area contributed by atoms with E-state index in [0.29, 0.717) is 24.3 Å². The van der Waals surface area contributed by atoms with E-state index >= 15 is 0 Å². The topological polar surface area (TPSA) is 76.3 Å². The predicted molar refractivity (Wildman–Crippen MR) is 86.4 cm³/mol. The van der Waals surface area contributed by atoms with E-state index in [9.17, 15) is 10.2 Å². The molecule has 0 fully saturated rings. The third kappa shape index (κ3) is 2.84. The number of nitrogens with zero attached hydrogens (tertiary/aromatic N) is 3. The van der Waals surface area contributed by atoms with Crippen LogP contribution in [0.25, 0.3) is 11.5 Å². The Balaban J connectivity index is 1.91. The molecule has 0 unspecified atom stereocenters. The minimum absolute atomic E-state index is 0.0563. The van der Waals surface area contributed by atoms with E-state index in [-0.39, 0.29) is 11.6 Å². The fourth-order valence-electron chi connectivity index (χ4n) is 2.87. The number of aromatic nitrogens is 3. The molecule has 0 saturated carbocycles. The average molecular weight is 315 g/mol. The van der Waals surface area contributed by atoms with Gasteiger partial charge in [0, 0.05) is 31.0 Å². The van der Waals surface area contributed by atoms with Gasteiger partial charge in [-0.25, -0.2) is 4.98 Å². The molecule has 3 rings (SSSR count).